The molecule has 0 bridgehead atoms. The zero-order chi connectivity index (χ0) is 10.3. The van der Waals surface area contributed by atoms with Crippen LogP contribution in [-0.2, 0) is 5.54 Å². The molecule has 0 aliphatic heterocycles. The molecule has 1 fully saturated rings. The van der Waals surface area contributed by atoms with E-state index in [4.69, 9.17) is 5.73 Å². The summed E-state index contributed by atoms with van der Waals surface area (Å²) in [5, 5.41) is 0. The van der Waals surface area contributed by atoms with E-state index in [1.54, 1.807) is 11.0 Å². The summed E-state index contributed by atoms with van der Waals surface area (Å²) >= 11 is 0. The second kappa shape index (κ2) is 2.95. The van der Waals surface area contributed by atoms with Crippen LogP contribution in [0, 0.1) is 5.82 Å². The summed E-state index contributed by atoms with van der Waals surface area (Å²) in [5.74, 6) is -0.191. The van der Waals surface area contributed by atoms with Gasteiger partial charge in [0.25, 0.3) is 0 Å². The number of nitrogens with two attached hydrogens (primary N) is 1. The topological polar surface area (TPSA) is 29.3 Å². The third-order valence-electron chi connectivity index (χ3n) is 2.76. The molecule has 0 saturated heterocycles. The van der Waals surface area contributed by atoms with Crippen LogP contribution in [0.5, 0.6) is 0 Å². The fraction of sp³-hybridized carbons (Fsp3) is 0.455. The molecule has 0 amide bonds. The van der Waals surface area contributed by atoms with Gasteiger partial charge in [0.15, 0.2) is 0 Å². The normalized spacial score (nSPS) is 18.0. The van der Waals surface area contributed by atoms with E-state index >= 15 is 0 Å². The van der Waals surface area contributed by atoms with E-state index < -0.39 is 0 Å². The molecule has 0 spiro atoms. The van der Waals surface area contributed by atoms with E-state index in [0.29, 0.717) is 5.69 Å². The Labute approximate surface area is 83.5 Å². The van der Waals surface area contributed by atoms with Crippen LogP contribution in [0.25, 0.3) is 0 Å². The van der Waals surface area contributed by atoms with Gasteiger partial charge in [-0.1, -0.05) is 12.1 Å². The lowest BCUT2D eigenvalue weighted by Gasteiger charge is -2.21. The Balaban J connectivity index is 2.53. The molecule has 76 valence electrons. The van der Waals surface area contributed by atoms with Gasteiger partial charge in [0.2, 0.25) is 0 Å². The van der Waals surface area contributed by atoms with E-state index in [2.05, 4.69) is 0 Å². The van der Waals surface area contributed by atoms with Crippen LogP contribution in [0.4, 0.5) is 10.1 Å². The zero-order valence-corrected chi connectivity index (χ0v) is 8.55. The SMILES string of the molecule is CN(C)c1c(F)cccc1C1(N)CC1. The summed E-state index contributed by atoms with van der Waals surface area (Å²) in [6, 6.07) is 5.13. The van der Waals surface area contributed by atoms with Crippen molar-refractivity contribution in [2.75, 3.05) is 19.0 Å². The first-order valence-electron chi connectivity index (χ1n) is 4.80. The minimum absolute atomic E-state index is 0.191. The molecule has 1 aliphatic rings. The van der Waals surface area contributed by atoms with Crippen LogP contribution in [0.1, 0.15) is 18.4 Å². The lowest BCUT2D eigenvalue weighted by molar-refractivity contribution is 0.616. The number of anilines is 1. The molecule has 1 saturated carbocycles. The largest absolute Gasteiger partial charge is 0.375 e. The number of benzene rings is 1. The molecule has 14 heavy (non-hydrogen) atoms. The fourth-order valence-corrected chi connectivity index (χ4v) is 1.78. The van der Waals surface area contributed by atoms with Crippen LogP contribution in [0.3, 0.4) is 0 Å². The van der Waals surface area contributed by atoms with Gasteiger partial charge in [-0.25, -0.2) is 4.39 Å². The van der Waals surface area contributed by atoms with Gasteiger partial charge in [0.1, 0.15) is 5.82 Å². The quantitative estimate of drug-likeness (QED) is 0.778. The summed E-state index contributed by atoms with van der Waals surface area (Å²) in [6.45, 7) is 0. The average molecular weight is 194 g/mol. The number of hydrogen-bond acceptors (Lipinski definition) is 2. The maximum atomic E-state index is 13.6. The molecule has 0 radical (unpaired) electrons. The number of para-hydroxylation sites is 1. The highest BCUT2D eigenvalue weighted by Gasteiger charge is 2.42. The maximum Gasteiger partial charge on any atom is 0.146 e. The number of rotatable bonds is 2. The standard InChI is InChI=1S/C11H15FN2/c1-14(2)10-8(11(13)6-7-11)4-3-5-9(10)12/h3-5H,6-7,13H2,1-2H3. The molecule has 0 aromatic heterocycles. The Morgan fingerprint density at radius 2 is 2.00 bits per heavy atom. The highest BCUT2D eigenvalue weighted by molar-refractivity contribution is 5.58. The molecular formula is C11H15FN2. The first-order valence-corrected chi connectivity index (χ1v) is 4.80. The van der Waals surface area contributed by atoms with Crippen LogP contribution >= 0.6 is 0 Å². The van der Waals surface area contributed by atoms with Gasteiger partial charge in [0, 0.05) is 19.6 Å². The van der Waals surface area contributed by atoms with E-state index in [1.807, 2.05) is 20.2 Å². The predicted octanol–water partition coefficient (Wildman–Crippen LogP) is 1.84. The van der Waals surface area contributed by atoms with Gasteiger partial charge in [0.05, 0.1) is 5.69 Å². The number of halogens is 1. The summed E-state index contributed by atoms with van der Waals surface area (Å²) in [4.78, 5) is 1.79. The van der Waals surface area contributed by atoms with Gasteiger partial charge in [-0.2, -0.15) is 0 Å². The Kier molecular flexibility index (Phi) is 2.00. The molecule has 3 heteroatoms. The minimum atomic E-state index is -0.276. The monoisotopic (exact) mass is 194 g/mol. The van der Waals surface area contributed by atoms with Gasteiger partial charge in [-0.05, 0) is 24.5 Å². The lowest BCUT2D eigenvalue weighted by atomic mass is 10.0. The van der Waals surface area contributed by atoms with Crippen LogP contribution < -0.4 is 10.6 Å². The molecule has 0 atom stereocenters. The Morgan fingerprint density at radius 1 is 1.36 bits per heavy atom. The van der Waals surface area contributed by atoms with Gasteiger partial charge < -0.3 is 10.6 Å². The van der Waals surface area contributed by atoms with Crippen molar-refractivity contribution in [2.24, 2.45) is 5.73 Å². The average Bonchev–Trinajstić information content (AvgIpc) is 2.84. The van der Waals surface area contributed by atoms with Crippen molar-refractivity contribution in [1.29, 1.82) is 0 Å². The fourth-order valence-electron chi connectivity index (χ4n) is 1.78. The number of nitrogens with zero attached hydrogens (tertiary/aromatic N) is 1. The molecule has 1 aromatic carbocycles. The Morgan fingerprint density at radius 3 is 2.50 bits per heavy atom. The zero-order valence-electron chi connectivity index (χ0n) is 8.55. The molecule has 1 aliphatic carbocycles. The van der Waals surface area contributed by atoms with Gasteiger partial charge >= 0.3 is 0 Å². The van der Waals surface area contributed by atoms with Crippen molar-refractivity contribution in [3.8, 4) is 0 Å². The highest BCUT2D eigenvalue weighted by Crippen LogP contribution is 2.46. The van der Waals surface area contributed by atoms with Crippen molar-refractivity contribution in [1.82, 2.24) is 0 Å². The van der Waals surface area contributed by atoms with Gasteiger partial charge in [-0.15, -0.1) is 0 Å². The van der Waals surface area contributed by atoms with Crippen molar-refractivity contribution in [2.45, 2.75) is 18.4 Å². The van der Waals surface area contributed by atoms with Crippen molar-refractivity contribution < 1.29 is 4.39 Å². The van der Waals surface area contributed by atoms with E-state index in [1.165, 1.54) is 6.07 Å². The van der Waals surface area contributed by atoms with Gasteiger partial charge in [-0.3, -0.25) is 0 Å². The van der Waals surface area contributed by atoms with Crippen molar-refractivity contribution in [3.05, 3.63) is 29.6 Å². The van der Waals surface area contributed by atoms with Crippen LogP contribution in [0.2, 0.25) is 0 Å². The molecule has 0 heterocycles. The third kappa shape index (κ3) is 1.38. The van der Waals surface area contributed by atoms with E-state index in [9.17, 15) is 4.39 Å². The molecule has 0 unspecified atom stereocenters. The first kappa shape index (κ1) is 9.46. The van der Waals surface area contributed by atoms with Crippen molar-refractivity contribution in [3.63, 3.8) is 0 Å². The smallest absolute Gasteiger partial charge is 0.146 e. The number of hydrogen-bond donors (Lipinski definition) is 1. The summed E-state index contributed by atoms with van der Waals surface area (Å²) < 4.78 is 13.6. The first-order chi connectivity index (χ1) is 6.54. The molecule has 2 N–H and O–H groups in total. The summed E-state index contributed by atoms with van der Waals surface area (Å²) in [7, 11) is 3.68. The summed E-state index contributed by atoms with van der Waals surface area (Å²) in [6.07, 6.45) is 1.91. The molecular weight excluding hydrogens is 179 g/mol. The Bertz CT molecular complexity index is 356. The Hall–Kier alpha value is -1.09. The highest BCUT2D eigenvalue weighted by atomic mass is 19.1. The van der Waals surface area contributed by atoms with Crippen LogP contribution in [0.15, 0.2) is 18.2 Å². The molecule has 1 aromatic rings. The minimum Gasteiger partial charge on any atom is -0.375 e. The van der Waals surface area contributed by atoms with E-state index in [0.717, 1.165) is 18.4 Å². The van der Waals surface area contributed by atoms with E-state index in [-0.39, 0.29) is 11.4 Å². The second-order valence-electron chi connectivity index (χ2n) is 4.19. The molecule has 2 rings (SSSR count). The maximum absolute atomic E-state index is 13.6. The summed E-state index contributed by atoms with van der Waals surface area (Å²) in [5.41, 5.74) is 7.37. The molecule has 2 nitrogen and oxygen atoms in total. The predicted molar refractivity (Wildman–Crippen MR) is 55.8 cm³/mol. The lowest BCUT2D eigenvalue weighted by Crippen LogP contribution is -2.24. The van der Waals surface area contributed by atoms with Crippen LogP contribution in [-0.4, -0.2) is 14.1 Å². The second-order valence-corrected chi connectivity index (χ2v) is 4.19. The van der Waals surface area contributed by atoms with Crippen molar-refractivity contribution >= 4 is 5.69 Å². The third-order valence-corrected chi connectivity index (χ3v) is 2.76.